The Labute approximate surface area is 127 Å². The first-order valence-corrected chi connectivity index (χ1v) is 7.15. The molecule has 0 saturated carbocycles. The zero-order chi connectivity index (χ0) is 15.7. The largest absolute Gasteiger partial charge is 0.461 e. The van der Waals surface area contributed by atoms with E-state index in [-0.39, 0.29) is 11.8 Å². The van der Waals surface area contributed by atoms with Crippen molar-refractivity contribution < 1.29 is 13.9 Å². The molecule has 1 aromatic heterocycles. The monoisotopic (exact) mass is 297 g/mol. The number of hydrogen-bond acceptors (Lipinski definition) is 2. The molecule has 22 heavy (non-hydrogen) atoms. The number of aromatic nitrogens is 1. The molecule has 2 aromatic carbocycles. The molecule has 0 fully saturated rings. The highest BCUT2D eigenvalue weighted by molar-refractivity contribution is 5.97. The predicted molar refractivity (Wildman–Crippen MR) is 83.9 cm³/mol. The van der Waals surface area contributed by atoms with E-state index in [0.717, 1.165) is 22.2 Å². The number of nitrogens with zero attached hydrogens (tertiary/aromatic N) is 1. The topological polar surface area (TPSA) is 31.2 Å². The van der Waals surface area contributed by atoms with Crippen LogP contribution in [0.25, 0.3) is 16.6 Å². The van der Waals surface area contributed by atoms with E-state index in [1.165, 1.54) is 12.1 Å². The molecule has 1 heterocycles. The fourth-order valence-corrected chi connectivity index (χ4v) is 2.56. The Bertz CT molecular complexity index is 834. The molecule has 112 valence electrons. The summed E-state index contributed by atoms with van der Waals surface area (Å²) >= 11 is 0. The Balaban J connectivity index is 2.26. The third-order valence-corrected chi connectivity index (χ3v) is 3.53. The minimum Gasteiger partial charge on any atom is -0.461 e. The minimum absolute atomic E-state index is 0.308. The lowest BCUT2D eigenvalue weighted by molar-refractivity contribution is 0.0517. The number of ether oxygens (including phenoxy) is 1. The van der Waals surface area contributed by atoms with E-state index in [0.29, 0.717) is 12.3 Å². The Morgan fingerprint density at radius 1 is 1.14 bits per heavy atom. The van der Waals surface area contributed by atoms with Gasteiger partial charge in [-0.1, -0.05) is 11.6 Å². The van der Waals surface area contributed by atoms with Gasteiger partial charge in [0.1, 0.15) is 11.5 Å². The molecule has 0 N–H and O–H groups in total. The van der Waals surface area contributed by atoms with Gasteiger partial charge in [0, 0.05) is 11.1 Å². The van der Waals surface area contributed by atoms with Gasteiger partial charge in [-0.05, 0) is 56.3 Å². The molecule has 0 aliphatic rings. The van der Waals surface area contributed by atoms with E-state index >= 15 is 0 Å². The average molecular weight is 297 g/mol. The summed E-state index contributed by atoms with van der Waals surface area (Å²) in [5.74, 6) is -0.700. The summed E-state index contributed by atoms with van der Waals surface area (Å²) in [4.78, 5) is 12.2. The van der Waals surface area contributed by atoms with Crippen LogP contribution in [-0.2, 0) is 4.74 Å². The fraction of sp³-hybridized carbons (Fsp3) is 0.167. The molecule has 0 bridgehead atoms. The number of fused-ring (bicyclic) bond motifs is 1. The number of esters is 1. The van der Waals surface area contributed by atoms with Crippen LogP contribution in [0.4, 0.5) is 4.39 Å². The highest BCUT2D eigenvalue weighted by atomic mass is 19.1. The van der Waals surface area contributed by atoms with E-state index in [4.69, 9.17) is 4.74 Å². The number of rotatable bonds is 3. The van der Waals surface area contributed by atoms with E-state index in [1.54, 1.807) is 23.6 Å². The van der Waals surface area contributed by atoms with Gasteiger partial charge < -0.3 is 9.30 Å². The SMILES string of the molecule is CCOC(=O)c1cc2cc(C)ccc2n1-c1ccc(F)cc1. The highest BCUT2D eigenvalue weighted by Crippen LogP contribution is 2.26. The van der Waals surface area contributed by atoms with Crippen LogP contribution in [0, 0.1) is 12.7 Å². The maximum Gasteiger partial charge on any atom is 0.355 e. The number of halogens is 1. The lowest BCUT2D eigenvalue weighted by atomic mass is 10.2. The normalized spacial score (nSPS) is 10.9. The third kappa shape index (κ3) is 2.48. The lowest BCUT2D eigenvalue weighted by Gasteiger charge is -2.10. The average Bonchev–Trinajstić information content (AvgIpc) is 2.87. The van der Waals surface area contributed by atoms with Crippen molar-refractivity contribution in [1.29, 1.82) is 0 Å². The molecule has 0 aliphatic carbocycles. The van der Waals surface area contributed by atoms with Crippen LogP contribution < -0.4 is 0 Å². The molecule has 0 amide bonds. The maximum atomic E-state index is 13.2. The Hall–Kier alpha value is -2.62. The Kier molecular flexibility index (Phi) is 3.67. The van der Waals surface area contributed by atoms with Crippen LogP contribution in [0.15, 0.2) is 48.5 Å². The molecule has 0 spiro atoms. The lowest BCUT2D eigenvalue weighted by Crippen LogP contribution is -2.10. The number of carbonyl (C=O) groups is 1. The number of carbonyl (C=O) groups excluding carboxylic acids is 1. The summed E-state index contributed by atoms with van der Waals surface area (Å²) in [7, 11) is 0. The van der Waals surface area contributed by atoms with Gasteiger partial charge in [0.05, 0.1) is 12.1 Å². The van der Waals surface area contributed by atoms with Crippen LogP contribution >= 0.6 is 0 Å². The fourth-order valence-electron chi connectivity index (χ4n) is 2.56. The zero-order valence-electron chi connectivity index (χ0n) is 12.5. The third-order valence-electron chi connectivity index (χ3n) is 3.53. The Morgan fingerprint density at radius 3 is 2.55 bits per heavy atom. The van der Waals surface area contributed by atoms with Gasteiger partial charge in [-0.2, -0.15) is 0 Å². The van der Waals surface area contributed by atoms with Gasteiger partial charge in [-0.15, -0.1) is 0 Å². The molecular formula is C18H16FNO2. The van der Waals surface area contributed by atoms with Crippen LogP contribution in [0.1, 0.15) is 23.0 Å². The van der Waals surface area contributed by atoms with E-state index in [2.05, 4.69) is 0 Å². The molecule has 0 aliphatic heterocycles. The molecular weight excluding hydrogens is 281 g/mol. The van der Waals surface area contributed by atoms with Gasteiger partial charge in [0.2, 0.25) is 0 Å². The minimum atomic E-state index is -0.388. The van der Waals surface area contributed by atoms with Crippen molar-refractivity contribution in [3.63, 3.8) is 0 Å². The van der Waals surface area contributed by atoms with Crippen molar-refractivity contribution in [3.8, 4) is 5.69 Å². The quantitative estimate of drug-likeness (QED) is 0.677. The summed E-state index contributed by atoms with van der Waals surface area (Å²) in [5.41, 5.74) is 3.16. The van der Waals surface area contributed by atoms with E-state index in [9.17, 15) is 9.18 Å². The molecule has 4 heteroatoms. The second-order valence-corrected chi connectivity index (χ2v) is 5.12. The van der Waals surface area contributed by atoms with Gasteiger partial charge in [0.15, 0.2) is 0 Å². The summed E-state index contributed by atoms with van der Waals surface area (Å²) in [5, 5.41) is 0.951. The highest BCUT2D eigenvalue weighted by Gasteiger charge is 2.18. The van der Waals surface area contributed by atoms with Gasteiger partial charge in [-0.3, -0.25) is 0 Å². The van der Waals surface area contributed by atoms with Crippen LogP contribution in [0.5, 0.6) is 0 Å². The first-order chi connectivity index (χ1) is 10.6. The Morgan fingerprint density at radius 2 is 1.86 bits per heavy atom. The molecule has 0 unspecified atom stereocenters. The van der Waals surface area contributed by atoms with Crippen molar-refractivity contribution in [1.82, 2.24) is 4.57 Å². The van der Waals surface area contributed by atoms with Crippen LogP contribution in [0.3, 0.4) is 0 Å². The van der Waals surface area contributed by atoms with E-state index < -0.39 is 0 Å². The molecule has 3 aromatic rings. The van der Waals surface area contributed by atoms with Crippen molar-refractivity contribution >= 4 is 16.9 Å². The van der Waals surface area contributed by atoms with Crippen LogP contribution in [-0.4, -0.2) is 17.1 Å². The van der Waals surface area contributed by atoms with Crippen LogP contribution in [0.2, 0.25) is 0 Å². The van der Waals surface area contributed by atoms with Gasteiger partial charge in [-0.25, -0.2) is 9.18 Å². The van der Waals surface area contributed by atoms with E-state index in [1.807, 2.05) is 31.2 Å². The smallest absolute Gasteiger partial charge is 0.355 e. The first-order valence-electron chi connectivity index (χ1n) is 7.15. The summed E-state index contributed by atoms with van der Waals surface area (Å²) in [6.07, 6.45) is 0. The predicted octanol–water partition coefficient (Wildman–Crippen LogP) is 4.25. The summed E-state index contributed by atoms with van der Waals surface area (Å²) in [6.45, 7) is 4.08. The number of aryl methyl sites for hydroxylation is 1. The summed E-state index contributed by atoms with van der Waals surface area (Å²) in [6, 6.07) is 13.8. The van der Waals surface area contributed by atoms with Gasteiger partial charge in [0.25, 0.3) is 0 Å². The van der Waals surface area contributed by atoms with Crippen molar-refractivity contribution in [2.45, 2.75) is 13.8 Å². The molecule has 0 radical (unpaired) electrons. The molecule has 0 saturated heterocycles. The maximum absolute atomic E-state index is 13.2. The van der Waals surface area contributed by atoms with Gasteiger partial charge >= 0.3 is 5.97 Å². The molecule has 3 nitrogen and oxygen atoms in total. The first kappa shape index (κ1) is 14.3. The van der Waals surface area contributed by atoms with Crippen molar-refractivity contribution in [3.05, 3.63) is 65.6 Å². The molecule has 3 rings (SSSR count). The number of hydrogen-bond donors (Lipinski definition) is 0. The summed E-state index contributed by atoms with van der Waals surface area (Å²) < 4.78 is 20.1. The standard InChI is InChI=1S/C18H16FNO2/c1-3-22-18(21)17-11-13-10-12(2)4-9-16(13)20(17)15-7-5-14(19)6-8-15/h4-11H,3H2,1-2H3. The second-order valence-electron chi connectivity index (χ2n) is 5.12. The number of benzene rings is 2. The van der Waals surface area contributed by atoms with Crippen molar-refractivity contribution in [2.75, 3.05) is 6.61 Å². The van der Waals surface area contributed by atoms with Crippen molar-refractivity contribution in [2.24, 2.45) is 0 Å². The second kappa shape index (κ2) is 5.64. The zero-order valence-corrected chi connectivity index (χ0v) is 12.5. The molecule has 0 atom stereocenters.